The average Bonchev–Trinajstić information content (AvgIpc) is 3.18. The molecule has 0 fully saturated rings. The van der Waals surface area contributed by atoms with Crippen molar-refractivity contribution in [3.63, 3.8) is 0 Å². The molecule has 0 spiro atoms. The first-order chi connectivity index (χ1) is 15.9. The summed E-state index contributed by atoms with van der Waals surface area (Å²) >= 11 is 11.7. The third kappa shape index (κ3) is 4.45. The van der Waals surface area contributed by atoms with E-state index in [-0.39, 0.29) is 21.2 Å². The Kier molecular flexibility index (Phi) is 6.26. The molecular weight excluding hydrogens is 521 g/mol. The Hall–Kier alpha value is -2.82. The van der Waals surface area contributed by atoms with Crippen molar-refractivity contribution in [1.29, 1.82) is 0 Å². The first-order valence-corrected chi connectivity index (χ1v) is 11.7. The van der Waals surface area contributed by atoms with Gasteiger partial charge in [0.25, 0.3) is 11.5 Å². The van der Waals surface area contributed by atoms with Crippen molar-refractivity contribution in [2.45, 2.75) is 23.1 Å². The Balaban J connectivity index is 1.70. The van der Waals surface area contributed by atoms with Crippen molar-refractivity contribution < 1.29 is 35.0 Å². The van der Waals surface area contributed by atoms with Crippen LogP contribution in [-0.4, -0.2) is 20.5 Å². The first-order valence-electron chi connectivity index (χ1n) is 9.50. The molecule has 0 saturated heterocycles. The van der Waals surface area contributed by atoms with Gasteiger partial charge in [-0.15, -0.1) is 0 Å². The van der Waals surface area contributed by atoms with Crippen LogP contribution in [0.2, 0.25) is 10.0 Å². The predicted molar refractivity (Wildman–Crippen MR) is 117 cm³/mol. The topological polar surface area (TPSA) is 65.0 Å². The average molecular weight is 534 g/mol. The zero-order valence-corrected chi connectivity index (χ0v) is 19.1. The molecule has 0 amide bonds. The number of hydrogen-bond acceptors (Lipinski definition) is 5. The van der Waals surface area contributed by atoms with E-state index in [4.69, 9.17) is 32.2 Å². The van der Waals surface area contributed by atoms with Gasteiger partial charge in [-0.2, -0.15) is 21.6 Å². The van der Waals surface area contributed by atoms with Gasteiger partial charge in [-0.1, -0.05) is 59.6 Å². The molecule has 34 heavy (non-hydrogen) atoms. The van der Waals surface area contributed by atoms with E-state index >= 15 is 0 Å². The highest BCUT2D eigenvalue weighted by molar-refractivity contribution is 7.87. The van der Waals surface area contributed by atoms with Gasteiger partial charge in [0.15, 0.2) is 0 Å². The highest BCUT2D eigenvalue weighted by atomic mass is 35.5. The number of oxime groups is 1. The second kappa shape index (κ2) is 8.75. The quantitative estimate of drug-likeness (QED) is 0.276. The van der Waals surface area contributed by atoms with Gasteiger partial charge in [-0.25, -0.2) is 4.39 Å². The number of halogens is 6. The van der Waals surface area contributed by atoms with Gasteiger partial charge in [0, 0.05) is 21.2 Å². The van der Waals surface area contributed by atoms with Crippen molar-refractivity contribution in [3.8, 4) is 11.1 Å². The lowest BCUT2D eigenvalue weighted by Crippen LogP contribution is -2.43. The van der Waals surface area contributed by atoms with Crippen LogP contribution in [0.1, 0.15) is 12.0 Å². The van der Waals surface area contributed by atoms with E-state index < -0.39 is 50.5 Å². The fourth-order valence-electron chi connectivity index (χ4n) is 3.48. The SMILES string of the molecule is O=S(=O)(OC1=NOC(c2cc(Cl)cc(Cl)c2)(C(F)(F)F)C1)c1cccc(F)c1-c1ccccc1. The van der Waals surface area contributed by atoms with E-state index in [0.717, 1.165) is 30.3 Å². The third-order valence-corrected chi connectivity index (χ3v) is 6.73. The Labute approximate surface area is 201 Å². The zero-order chi connectivity index (χ0) is 24.7. The van der Waals surface area contributed by atoms with E-state index in [1.807, 2.05) is 0 Å². The van der Waals surface area contributed by atoms with Crippen LogP contribution in [0.4, 0.5) is 17.6 Å². The molecule has 1 unspecified atom stereocenters. The molecule has 0 saturated carbocycles. The molecule has 3 aromatic rings. The Bertz CT molecular complexity index is 1360. The van der Waals surface area contributed by atoms with E-state index in [0.29, 0.717) is 0 Å². The summed E-state index contributed by atoms with van der Waals surface area (Å²) in [6, 6.07) is 14.2. The van der Waals surface area contributed by atoms with Crippen molar-refractivity contribution >= 4 is 39.2 Å². The predicted octanol–water partition coefficient (Wildman–Crippen LogP) is 6.70. The minimum absolute atomic E-state index is 0.0935. The summed E-state index contributed by atoms with van der Waals surface area (Å²) in [5.74, 6) is -1.74. The molecule has 0 radical (unpaired) electrons. The first kappa shape index (κ1) is 24.3. The summed E-state index contributed by atoms with van der Waals surface area (Å²) in [7, 11) is -4.81. The molecule has 1 heterocycles. The molecule has 12 heteroatoms. The van der Waals surface area contributed by atoms with Crippen LogP contribution in [0.3, 0.4) is 0 Å². The Morgan fingerprint density at radius 1 is 0.971 bits per heavy atom. The summed E-state index contributed by atoms with van der Waals surface area (Å²) in [6.07, 6.45) is -6.17. The van der Waals surface area contributed by atoms with Gasteiger partial charge in [-0.05, 0) is 41.1 Å². The van der Waals surface area contributed by atoms with Crippen LogP contribution in [-0.2, 0) is 24.7 Å². The van der Waals surface area contributed by atoms with Crippen LogP contribution >= 0.6 is 23.2 Å². The van der Waals surface area contributed by atoms with Crippen LogP contribution in [0.15, 0.2) is 76.8 Å². The van der Waals surface area contributed by atoms with Gasteiger partial charge in [0.2, 0.25) is 0 Å². The number of nitrogens with zero attached hydrogens (tertiary/aromatic N) is 1. The summed E-state index contributed by atoms with van der Waals surface area (Å²) in [4.78, 5) is 4.13. The maximum absolute atomic E-state index is 14.6. The van der Waals surface area contributed by atoms with Crippen LogP contribution in [0.5, 0.6) is 0 Å². The molecule has 1 aliphatic heterocycles. The highest BCUT2D eigenvalue weighted by Crippen LogP contribution is 2.49. The lowest BCUT2D eigenvalue weighted by molar-refractivity contribution is -0.275. The van der Waals surface area contributed by atoms with Gasteiger partial charge in [0.05, 0.1) is 6.42 Å². The molecule has 1 aliphatic rings. The van der Waals surface area contributed by atoms with Gasteiger partial charge in [0.1, 0.15) is 10.7 Å². The largest absolute Gasteiger partial charge is 0.435 e. The van der Waals surface area contributed by atoms with E-state index in [1.165, 1.54) is 18.2 Å². The maximum atomic E-state index is 14.6. The third-order valence-electron chi connectivity index (χ3n) is 5.00. The Morgan fingerprint density at radius 2 is 1.62 bits per heavy atom. The number of alkyl halides is 3. The second-order valence-electron chi connectivity index (χ2n) is 7.25. The van der Waals surface area contributed by atoms with E-state index in [9.17, 15) is 26.0 Å². The molecule has 4 rings (SSSR count). The lowest BCUT2D eigenvalue weighted by atomic mass is 9.90. The number of rotatable bonds is 4. The summed E-state index contributed by atoms with van der Waals surface area (Å²) in [6.45, 7) is 0. The minimum atomic E-state index is -5.05. The second-order valence-corrected chi connectivity index (χ2v) is 9.64. The minimum Gasteiger partial charge on any atom is -0.371 e. The van der Waals surface area contributed by atoms with Crippen LogP contribution < -0.4 is 0 Å². The molecule has 1 atom stereocenters. The fraction of sp³-hybridized carbons (Fsp3) is 0.136. The van der Waals surface area contributed by atoms with Crippen molar-refractivity contribution in [2.75, 3.05) is 0 Å². The maximum Gasteiger partial charge on any atom is 0.435 e. The summed E-state index contributed by atoms with van der Waals surface area (Å²) in [5.41, 5.74) is -3.65. The molecule has 178 valence electrons. The van der Waals surface area contributed by atoms with Gasteiger partial charge >= 0.3 is 16.3 Å². The molecule has 0 aliphatic carbocycles. The highest BCUT2D eigenvalue weighted by Gasteiger charge is 2.63. The smallest absolute Gasteiger partial charge is 0.371 e. The van der Waals surface area contributed by atoms with Crippen LogP contribution in [0.25, 0.3) is 11.1 Å². The molecule has 0 N–H and O–H groups in total. The fourth-order valence-corrected chi connectivity index (χ4v) is 5.15. The van der Waals surface area contributed by atoms with Crippen molar-refractivity contribution in [1.82, 2.24) is 0 Å². The lowest BCUT2D eigenvalue weighted by Gasteiger charge is -2.29. The molecule has 5 nitrogen and oxygen atoms in total. The number of benzene rings is 3. The normalized spacial score (nSPS) is 18.4. The summed E-state index contributed by atoms with van der Waals surface area (Å²) < 4.78 is 87.8. The molecule has 0 bridgehead atoms. The van der Waals surface area contributed by atoms with Gasteiger partial charge in [-0.3, -0.25) is 0 Å². The van der Waals surface area contributed by atoms with Gasteiger partial charge < -0.3 is 9.02 Å². The molecular formula is C22H13Cl2F4NO4S. The molecule has 3 aromatic carbocycles. The molecule has 0 aromatic heterocycles. The van der Waals surface area contributed by atoms with E-state index in [2.05, 4.69) is 5.16 Å². The van der Waals surface area contributed by atoms with Crippen LogP contribution in [0, 0.1) is 5.82 Å². The monoisotopic (exact) mass is 533 g/mol. The van der Waals surface area contributed by atoms with E-state index in [1.54, 1.807) is 18.2 Å². The number of hydrogen-bond donors (Lipinski definition) is 0. The zero-order valence-electron chi connectivity index (χ0n) is 16.8. The van der Waals surface area contributed by atoms with Crippen molar-refractivity contribution in [2.24, 2.45) is 5.16 Å². The Morgan fingerprint density at radius 3 is 2.24 bits per heavy atom. The van der Waals surface area contributed by atoms with Crippen molar-refractivity contribution in [3.05, 3.63) is 88.2 Å². The standard InChI is InChI=1S/C22H13Cl2F4NO4S/c23-15-9-14(10-16(24)11-15)21(22(26,27)28)12-19(29-33-21)32-34(30,31)18-8-4-7-17(25)20(18)13-5-2-1-3-6-13/h1-11H,12H2. The summed E-state index contributed by atoms with van der Waals surface area (Å²) in [5, 5.41) is 3.06.